The van der Waals surface area contributed by atoms with E-state index in [2.05, 4.69) is 18.3 Å². The molecule has 0 aliphatic carbocycles. The van der Waals surface area contributed by atoms with Gasteiger partial charge in [-0.15, -0.1) is 0 Å². The number of rotatable bonds is 2. The fraction of sp³-hybridized carbons (Fsp3) is 0.364. The molecule has 0 aromatic heterocycles. The van der Waals surface area contributed by atoms with Gasteiger partial charge in [-0.05, 0) is 23.6 Å². The molecule has 0 saturated heterocycles. The lowest BCUT2D eigenvalue weighted by Crippen LogP contribution is -2.26. The molecule has 1 unspecified atom stereocenters. The third-order valence-corrected chi connectivity index (χ3v) is 2.63. The number of carbonyl (C=O) groups is 1. The van der Waals surface area contributed by atoms with Crippen LogP contribution in [0, 0.1) is 0 Å². The zero-order chi connectivity index (χ0) is 10.1. The number of hydrogen-bond acceptors (Lipinski definition) is 2. The quantitative estimate of drug-likeness (QED) is 0.747. The van der Waals surface area contributed by atoms with E-state index in [9.17, 15) is 4.79 Å². The SMILES string of the molecule is CCc1ccc2c(c1)NC(C(=O)O)C2. The van der Waals surface area contributed by atoms with E-state index in [0.717, 1.165) is 17.7 Å². The lowest BCUT2D eigenvalue weighted by Gasteiger charge is -2.04. The van der Waals surface area contributed by atoms with Crippen molar-refractivity contribution in [3.8, 4) is 0 Å². The second-order valence-electron chi connectivity index (χ2n) is 3.58. The van der Waals surface area contributed by atoms with Gasteiger partial charge in [-0.2, -0.15) is 0 Å². The minimum Gasteiger partial charge on any atom is -0.480 e. The fourth-order valence-corrected chi connectivity index (χ4v) is 1.76. The molecule has 0 fully saturated rings. The molecule has 14 heavy (non-hydrogen) atoms. The second kappa shape index (κ2) is 3.33. The molecule has 74 valence electrons. The fourth-order valence-electron chi connectivity index (χ4n) is 1.76. The van der Waals surface area contributed by atoms with Crippen LogP contribution in [0.4, 0.5) is 5.69 Å². The first-order valence-corrected chi connectivity index (χ1v) is 4.82. The number of carboxylic acid groups (broad SMARTS) is 1. The van der Waals surface area contributed by atoms with Crippen LogP contribution in [-0.2, 0) is 17.6 Å². The first kappa shape index (κ1) is 9.06. The van der Waals surface area contributed by atoms with Crippen LogP contribution < -0.4 is 5.32 Å². The highest BCUT2D eigenvalue weighted by Gasteiger charge is 2.25. The van der Waals surface area contributed by atoms with Gasteiger partial charge in [0.25, 0.3) is 0 Å². The van der Waals surface area contributed by atoms with E-state index in [1.807, 2.05) is 12.1 Å². The molecular weight excluding hydrogens is 178 g/mol. The van der Waals surface area contributed by atoms with Crippen LogP contribution in [0.3, 0.4) is 0 Å². The molecule has 0 radical (unpaired) electrons. The van der Waals surface area contributed by atoms with Crippen molar-refractivity contribution in [3.05, 3.63) is 29.3 Å². The van der Waals surface area contributed by atoms with Gasteiger partial charge in [0, 0.05) is 12.1 Å². The molecular formula is C11H13NO2. The monoisotopic (exact) mass is 191 g/mol. The van der Waals surface area contributed by atoms with Crippen molar-refractivity contribution in [2.75, 3.05) is 5.32 Å². The van der Waals surface area contributed by atoms with Crippen LogP contribution in [0.1, 0.15) is 18.1 Å². The van der Waals surface area contributed by atoms with E-state index in [1.165, 1.54) is 5.56 Å². The molecule has 1 atom stereocenters. The summed E-state index contributed by atoms with van der Waals surface area (Å²) in [5.41, 5.74) is 3.33. The molecule has 0 amide bonds. The van der Waals surface area contributed by atoms with Crippen molar-refractivity contribution in [2.24, 2.45) is 0 Å². The molecule has 1 aliphatic rings. The lowest BCUT2D eigenvalue weighted by atomic mass is 10.1. The summed E-state index contributed by atoms with van der Waals surface area (Å²) >= 11 is 0. The molecule has 3 heteroatoms. The minimum absolute atomic E-state index is 0.447. The smallest absolute Gasteiger partial charge is 0.326 e. The third kappa shape index (κ3) is 1.45. The summed E-state index contributed by atoms with van der Waals surface area (Å²) < 4.78 is 0. The molecule has 3 nitrogen and oxygen atoms in total. The Balaban J connectivity index is 2.27. The van der Waals surface area contributed by atoms with Crippen molar-refractivity contribution in [1.82, 2.24) is 0 Å². The van der Waals surface area contributed by atoms with Gasteiger partial charge in [-0.3, -0.25) is 0 Å². The Morgan fingerprint density at radius 2 is 2.43 bits per heavy atom. The molecule has 1 heterocycles. The second-order valence-corrected chi connectivity index (χ2v) is 3.58. The van der Waals surface area contributed by atoms with Gasteiger partial charge in [-0.1, -0.05) is 19.1 Å². The number of nitrogens with one attached hydrogen (secondary N) is 1. The van der Waals surface area contributed by atoms with Crippen molar-refractivity contribution in [1.29, 1.82) is 0 Å². The number of aryl methyl sites for hydroxylation is 1. The average Bonchev–Trinajstić information content (AvgIpc) is 2.59. The Hall–Kier alpha value is -1.51. The van der Waals surface area contributed by atoms with Crippen LogP contribution in [0.5, 0.6) is 0 Å². The number of carboxylic acids is 1. The maximum Gasteiger partial charge on any atom is 0.326 e. The van der Waals surface area contributed by atoms with E-state index >= 15 is 0 Å². The number of benzene rings is 1. The highest BCUT2D eigenvalue weighted by atomic mass is 16.4. The van der Waals surface area contributed by atoms with Crippen molar-refractivity contribution in [2.45, 2.75) is 25.8 Å². The number of anilines is 1. The van der Waals surface area contributed by atoms with Gasteiger partial charge in [0.1, 0.15) is 6.04 Å². The number of aliphatic carboxylic acids is 1. The summed E-state index contributed by atoms with van der Waals surface area (Å²) in [7, 11) is 0. The number of hydrogen-bond donors (Lipinski definition) is 2. The van der Waals surface area contributed by atoms with Gasteiger partial charge in [0.15, 0.2) is 0 Å². The molecule has 0 saturated carbocycles. The first-order chi connectivity index (χ1) is 6.70. The summed E-state index contributed by atoms with van der Waals surface area (Å²) in [5.74, 6) is -0.778. The number of fused-ring (bicyclic) bond motifs is 1. The van der Waals surface area contributed by atoms with E-state index in [0.29, 0.717) is 6.42 Å². The van der Waals surface area contributed by atoms with E-state index < -0.39 is 12.0 Å². The predicted molar refractivity (Wildman–Crippen MR) is 54.6 cm³/mol. The van der Waals surface area contributed by atoms with Crippen molar-refractivity contribution >= 4 is 11.7 Å². The zero-order valence-corrected chi connectivity index (χ0v) is 8.08. The van der Waals surface area contributed by atoms with Gasteiger partial charge < -0.3 is 10.4 Å². The minimum atomic E-state index is -0.778. The predicted octanol–water partition coefficient (Wildman–Crippen LogP) is 1.67. The van der Waals surface area contributed by atoms with Crippen LogP contribution in [0.25, 0.3) is 0 Å². The summed E-state index contributed by atoms with van der Waals surface area (Å²) in [4.78, 5) is 10.8. The maximum atomic E-state index is 10.8. The van der Waals surface area contributed by atoms with Crippen LogP contribution in [0.2, 0.25) is 0 Å². The van der Waals surface area contributed by atoms with Crippen LogP contribution >= 0.6 is 0 Å². The van der Waals surface area contributed by atoms with Crippen LogP contribution in [0.15, 0.2) is 18.2 Å². The van der Waals surface area contributed by atoms with Crippen LogP contribution in [-0.4, -0.2) is 17.1 Å². The summed E-state index contributed by atoms with van der Waals surface area (Å²) in [6.45, 7) is 2.09. The largest absolute Gasteiger partial charge is 0.480 e. The lowest BCUT2D eigenvalue weighted by molar-refractivity contribution is -0.137. The normalized spacial score (nSPS) is 18.8. The van der Waals surface area contributed by atoms with Crippen molar-refractivity contribution in [3.63, 3.8) is 0 Å². The summed E-state index contributed by atoms with van der Waals surface area (Å²) in [5, 5.41) is 11.9. The average molecular weight is 191 g/mol. The molecule has 1 aliphatic heterocycles. The molecule has 0 spiro atoms. The Morgan fingerprint density at radius 3 is 3.07 bits per heavy atom. The van der Waals surface area contributed by atoms with Crippen molar-refractivity contribution < 1.29 is 9.90 Å². The Kier molecular flexibility index (Phi) is 2.15. The Morgan fingerprint density at radius 1 is 1.64 bits per heavy atom. The molecule has 2 rings (SSSR count). The highest BCUT2D eigenvalue weighted by molar-refractivity contribution is 5.81. The maximum absolute atomic E-state index is 10.8. The standard InChI is InChI=1S/C11H13NO2/c1-2-7-3-4-8-6-10(11(13)14)12-9(8)5-7/h3-5,10,12H,2,6H2,1H3,(H,13,14). The van der Waals surface area contributed by atoms with Gasteiger partial charge in [0.2, 0.25) is 0 Å². The zero-order valence-electron chi connectivity index (χ0n) is 8.08. The topological polar surface area (TPSA) is 49.3 Å². The summed E-state index contributed by atoms with van der Waals surface area (Å²) in [6, 6.07) is 5.67. The van der Waals surface area contributed by atoms with Gasteiger partial charge in [0.05, 0.1) is 0 Å². The van der Waals surface area contributed by atoms with Gasteiger partial charge >= 0.3 is 5.97 Å². The summed E-state index contributed by atoms with van der Waals surface area (Å²) in [6.07, 6.45) is 1.57. The third-order valence-electron chi connectivity index (χ3n) is 2.63. The van der Waals surface area contributed by atoms with Gasteiger partial charge in [-0.25, -0.2) is 4.79 Å². The van der Waals surface area contributed by atoms with E-state index in [-0.39, 0.29) is 0 Å². The Bertz CT molecular complexity index is 374. The molecule has 0 bridgehead atoms. The van der Waals surface area contributed by atoms with E-state index in [1.54, 1.807) is 0 Å². The molecule has 1 aromatic rings. The molecule has 2 N–H and O–H groups in total. The Labute approximate surface area is 82.8 Å². The highest BCUT2D eigenvalue weighted by Crippen LogP contribution is 2.27. The first-order valence-electron chi connectivity index (χ1n) is 4.82. The molecule has 1 aromatic carbocycles. The van der Waals surface area contributed by atoms with E-state index in [4.69, 9.17) is 5.11 Å².